The molecule has 1 aromatic carbocycles. The van der Waals surface area contributed by atoms with Crippen molar-refractivity contribution in [3.05, 3.63) is 29.8 Å². The summed E-state index contributed by atoms with van der Waals surface area (Å²) in [5.74, 6) is 0.0951. The van der Waals surface area contributed by atoms with Crippen LogP contribution in [0.2, 0.25) is 0 Å². The third-order valence-corrected chi connectivity index (χ3v) is 1.73. The van der Waals surface area contributed by atoms with E-state index in [1.807, 2.05) is 27.7 Å². The quantitative estimate of drug-likeness (QED) is 0.674. The van der Waals surface area contributed by atoms with Crippen molar-refractivity contribution in [1.82, 2.24) is 5.32 Å². The van der Waals surface area contributed by atoms with Gasteiger partial charge in [0.25, 0.3) is 0 Å². The Balaban J connectivity index is -0.000000529. The smallest absolute Gasteiger partial charge is 0.308 e. The average molecular weight is 269 g/mol. The summed E-state index contributed by atoms with van der Waals surface area (Å²) in [6, 6.07) is 6.99. The lowest BCUT2D eigenvalue weighted by Gasteiger charge is -2.04. The molecule has 1 N–H and O–H groups in total. The number of esters is 1. The molecule has 110 valence electrons. The van der Waals surface area contributed by atoms with Gasteiger partial charge in [0, 0.05) is 21.8 Å². The second-order valence-corrected chi connectivity index (χ2v) is 3.15. The first-order valence-corrected chi connectivity index (χ1v) is 6.59. The van der Waals surface area contributed by atoms with Crippen LogP contribution in [0, 0.1) is 0 Å². The molecule has 0 atom stereocenters. The number of nitrogens with one attached hydrogen (secondary N) is 1. The maximum atomic E-state index is 10.6. The van der Waals surface area contributed by atoms with Gasteiger partial charge < -0.3 is 10.1 Å². The van der Waals surface area contributed by atoms with Crippen LogP contribution in [0.3, 0.4) is 0 Å². The van der Waals surface area contributed by atoms with Crippen LogP contribution in [0.15, 0.2) is 24.3 Å². The van der Waals surface area contributed by atoms with E-state index in [1.165, 1.54) is 13.8 Å². The zero-order valence-corrected chi connectivity index (χ0v) is 12.7. The summed E-state index contributed by atoms with van der Waals surface area (Å²) >= 11 is 0. The van der Waals surface area contributed by atoms with E-state index in [-0.39, 0.29) is 13.3 Å². The van der Waals surface area contributed by atoms with E-state index < -0.39 is 0 Å². The molecular formula is C15H27NO3. The normalized spacial score (nSPS) is 8.11. The van der Waals surface area contributed by atoms with Crippen molar-refractivity contribution in [2.45, 2.75) is 48.1 Å². The van der Waals surface area contributed by atoms with Gasteiger partial charge in [-0.2, -0.15) is 0 Å². The highest BCUT2D eigenvalue weighted by molar-refractivity contribution is 5.72. The predicted molar refractivity (Wildman–Crippen MR) is 80.1 cm³/mol. The highest BCUT2D eigenvalue weighted by Gasteiger charge is 1.98. The van der Waals surface area contributed by atoms with Crippen LogP contribution < -0.4 is 10.1 Å². The second kappa shape index (κ2) is 12.6. The number of carbonyl (C=O) groups is 2. The first-order valence-electron chi connectivity index (χ1n) is 6.59. The molecule has 1 aromatic rings. The number of ether oxygens (including phenoxy) is 1. The Kier molecular flexibility index (Phi) is 12.9. The van der Waals surface area contributed by atoms with Crippen LogP contribution in [0.5, 0.6) is 5.75 Å². The minimum absolute atomic E-state index is 0. The van der Waals surface area contributed by atoms with Gasteiger partial charge >= 0.3 is 5.97 Å². The Bertz CT molecular complexity index is 364. The van der Waals surface area contributed by atoms with E-state index in [9.17, 15) is 9.59 Å². The summed E-state index contributed by atoms with van der Waals surface area (Å²) in [4.78, 5) is 21.3. The molecule has 0 radical (unpaired) electrons. The van der Waals surface area contributed by atoms with Gasteiger partial charge in [-0.1, -0.05) is 39.8 Å². The largest absolute Gasteiger partial charge is 0.427 e. The van der Waals surface area contributed by atoms with E-state index in [4.69, 9.17) is 4.74 Å². The van der Waals surface area contributed by atoms with Crippen molar-refractivity contribution in [3.8, 4) is 5.75 Å². The standard InChI is InChI=1S/C11H13NO3.2C2H6.H2/c1-8(13)12-7-10-3-5-11(6-4-10)15-9(2)14;2*1-2;/h3-6H,7H2,1-2H3,(H,12,13);2*1-2H3;1H. The van der Waals surface area contributed by atoms with Crippen LogP contribution >= 0.6 is 0 Å². The lowest BCUT2D eigenvalue weighted by Crippen LogP contribution is -2.18. The fourth-order valence-corrected chi connectivity index (χ4v) is 1.07. The van der Waals surface area contributed by atoms with Crippen LogP contribution in [0.25, 0.3) is 0 Å². The minimum Gasteiger partial charge on any atom is -0.427 e. The predicted octanol–water partition coefficient (Wildman–Crippen LogP) is 3.55. The topological polar surface area (TPSA) is 55.4 Å². The molecule has 0 saturated carbocycles. The van der Waals surface area contributed by atoms with Gasteiger partial charge in [-0.25, -0.2) is 0 Å². The molecule has 0 spiro atoms. The van der Waals surface area contributed by atoms with Crippen LogP contribution in [0.1, 0.15) is 48.5 Å². The molecule has 0 aliphatic rings. The molecular weight excluding hydrogens is 242 g/mol. The van der Waals surface area contributed by atoms with Crippen molar-refractivity contribution >= 4 is 11.9 Å². The molecule has 0 aliphatic heterocycles. The number of benzene rings is 1. The summed E-state index contributed by atoms with van der Waals surface area (Å²) in [7, 11) is 0. The Morgan fingerprint density at radius 3 is 1.89 bits per heavy atom. The van der Waals surface area contributed by atoms with E-state index >= 15 is 0 Å². The molecule has 1 rings (SSSR count). The van der Waals surface area contributed by atoms with E-state index in [2.05, 4.69) is 5.32 Å². The summed E-state index contributed by atoms with van der Waals surface area (Å²) in [5, 5.41) is 2.68. The molecule has 0 heterocycles. The lowest BCUT2D eigenvalue weighted by atomic mass is 10.2. The maximum Gasteiger partial charge on any atom is 0.308 e. The summed E-state index contributed by atoms with van der Waals surface area (Å²) < 4.78 is 4.87. The molecule has 0 saturated heterocycles. The number of carbonyl (C=O) groups excluding carboxylic acids is 2. The number of amides is 1. The molecule has 0 fully saturated rings. The zero-order valence-electron chi connectivity index (χ0n) is 12.7. The molecule has 0 unspecified atom stereocenters. The average Bonchev–Trinajstić information content (AvgIpc) is 2.42. The third-order valence-electron chi connectivity index (χ3n) is 1.73. The number of hydrogen-bond acceptors (Lipinski definition) is 3. The van der Waals surface area contributed by atoms with Crippen molar-refractivity contribution < 1.29 is 15.8 Å². The van der Waals surface area contributed by atoms with E-state index in [0.717, 1.165) is 5.56 Å². The van der Waals surface area contributed by atoms with Crippen LogP contribution in [-0.4, -0.2) is 11.9 Å². The lowest BCUT2D eigenvalue weighted by molar-refractivity contribution is -0.131. The van der Waals surface area contributed by atoms with Gasteiger partial charge in [0.1, 0.15) is 5.75 Å². The minimum atomic E-state index is -0.343. The van der Waals surface area contributed by atoms with Gasteiger partial charge in [-0.3, -0.25) is 9.59 Å². The van der Waals surface area contributed by atoms with Gasteiger partial charge in [0.05, 0.1) is 0 Å². The van der Waals surface area contributed by atoms with Crippen molar-refractivity contribution in [2.75, 3.05) is 0 Å². The fourth-order valence-electron chi connectivity index (χ4n) is 1.07. The Morgan fingerprint density at radius 2 is 1.53 bits per heavy atom. The Hall–Kier alpha value is -1.84. The van der Waals surface area contributed by atoms with Gasteiger partial charge in [0.15, 0.2) is 0 Å². The highest BCUT2D eigenvalue weighted by Crippen LogP contribution is 2.12. The second-order valence-electron chi connectivity index (χ2n) is 3.15. The number of rotatable bonds is 3. The fraction of sp³-hybridized carbons (Fsp3) is 0.467. The van der Waals surface area contributed by atoms with Gasteiger partial charge in [0.2, 0.25) is 5.91 Å². The van der Waals surface area contributed by atoms with Crippen LogP contribution in [0.4, 0.5) is 0 Å². The van der Waals surface area contributed by atoms with Crippen LogP contribution in [-0.2, 0) is 16.1 Å². The molecule has 0 aliphatic carbocycles. The third kappa shape index (κ3) is 11.0. The molecule has 1 amide bonds. The highest BCUT2D eigenvalue weighted by atomic mass is 16.5. The van der Waals surface area contributed by atoms with Crippen molar-refractivity contribution in [1.29, 1.82) is 0 Å². The molecule has 4 nitrogen and oxygen atoms in total. The number of hydrogen-bond donors (Lipinski definition) is 1. The Labute approximate surface area is 117 Å². The Morgan fingerprint density at radius 1 is 1.05 bits per heavy atom. The van der Waals surface area contributed by atoms with Gasteiger partial charge in [-0.05, 0) is 17.7 Å². The van der Waals surface area contributed by atoms with Gasteiger partial charge in [-0.15, -0.1) is 0 Å². The molecule has 0 aromatic heterocycles. The van der Waals surface area contributed by atoms with Crippen molar-refractivity contribution in [2.24, 2.45) is 0 Å². The molecule has 4 heteroatoms. The molecule has 0 bridgehead atoms. The summed E-state index contributed by atoms with van der Waals surface area (Å²) in [6.07, 6.45) is 0. The van der Waals surface area contributed by atoms with E-state index in [1.54, 1.807) is 24.3 Å². The first-order chi connectivity index (χ1) is 9.08. The summed E-state index contributed by atoms with van der Waals surface area (Å²) in [5.41, 5.74) is 0.959. The maximum absolute atomic E-state index is 10.6. The van der Waals surface area contributed by atoms with E-state index in [0.29, 0.717) is 12.3 Å². The SMILES string of the molecule is CC.CC.CC(=O)NCc1ccc(OC(C)=O)cc1.[HH]. The van der Waals surface area contributed by atoms with Crippen molar-refractivity contribution in [3.63, 3.8) is 0 Å². The monoisotopic (exact) mass is 269 g/mol. The zero-order chi connectivity index (χ0) is 15.3. The first kappa shape index (κ1) is 19.5. The molecule has 19 heavy (non-hydrogen) atoms. The summed E-state index contributed by atoms with van der Waals surface area (Å²) in [6.45, 7) is 11.3.